The fourth-order valence-corrected chi connectivity index (χ4v) is 4.51. The second kappa shape index (κ2) is 7.80. The number of rotatable bonds is 4. The van der Waals surface area contributed by atoms with Gasteiger partial charge in [0.15, 0.2) is 0 Å². The molecule has 0 spiro atoms. The van der Waals surface area contributed by atoms with Gasteiger partial charge in [0.1, 0.15) is 0 Å². The largest absolute Gasteiger partial charge is 0.0616 e. The minimum Gasteiger partial charge on any atom is -0.0616 e. The molecule has 5 aromatic carbocycles. The van der Waals surface area contributed by atoms with Crippen molar-refractivity contribution in [3.63, 3.8) is 0 Å². The molecule has 0 aliphatic carbocycles. The van der Waals surface area contributed by atoms with Crippen molar-refractivity contribution in [2.75, 3.05) is 0 Å². The summed E-state index contributed by atoms with van der Waals surface area (Å²) < 4.78 is 0. The van der Waals surface area contributed by atoms with Gasteiger partial charge < -0.3 is 0 Å². The first-order valence-electron chi connectivity index (χ1n) is 10.7. The summed E-state index contributed by atoms with van der Waals surface area (Å²) in [5, 5.41) is 5.50. The third-order valence-corrected chi connectivity index (χ3v) is 6.16. The van der Waals surface area contributed by atoms with Gasteiger partial charge in [0.05, 0.1) is 0 Å². The average Bonchev–Trinajstić information content (AvgIpc) is 2.78. The Bertz CT molecular complexity index is 1160. The molecule has 0 unspecified atom stereocenters. The number of aryl methyl sites for hydroxylation is 2. The van der Waals surface area contributed by atoms with Crippen LogP contribution in [0.1, 0.15) is 33.4 Å². The highest BCUT2D eigenvalue weighted by atomic mass is 14.2. The van der Waals surface area contributed by atoms with Crippen molar-refractivity contribution in [2.24, 2.45) is 0 Å². The van der Waals surface area contributed by atoms with Gasteiger partial charge in [-0.05, 0) is 70.5 Å². The van der Waals surface area contributed by atoms with Crippen LogP contribution in [0.15, 0.2) is 97.1 Å². The van der Waals surface area contributed by atoms with E-state index in [1.54, 1.807) is 0 Å². The lowest BCUT2D eigenvalue weighted by atomic mass is 9.86. The van der Waals surface area contributed by atoms with Gasteiger partial charge >= 0.3 is 0 Å². The number of fused-ring (bicyclic) bond motifs is 2. The molecule has 0 heterocycles. The van der Waals surface area contributed by atoms with E-state index in [4.69, 9.17) is 0 Å². The zero-order chi connectivity index (χ0) is 20.5. The standard InChI is InChI=1S/C30H26/c1-21-11-15-23(16-12-21)19-29-25-7-3-5-9-27(25)30(28-10-6-4-8-26(28)29)20-24-17-13-22(2)14-18-24/h3-18H,19-20H2,1-2H3. The van der Waals surface area contributed by atoms with Crippen molar-refractivity contribution in [3.05, 3.63) is 130 Å². The molecule has 0 atom stereocenters. The molecule has 0 heteroatoms. The average molecular weight is 387 g/mol. The molecule has 0 saturated carbocycles. The van der Waals surface area contributed by atoms with Gasteiger partial charge in [0, 0.05) is 0 Å². The quantitative estimate of drug-likeness (QED) is 0.276. The normalized spacial score (nSPS) is 11.3. The molecular weight excluding hydrogens is 360 g/mol. The van der Waals surface area contributed by atoms with Crippen LogP contribution in [0.3, 0.4) is 0 Å². The maximum atomic E-state index is 2.30. The van der Waals surface area contributed by atoms with Crippen molar-refractivity contribution in [3.8, 4) is 0 Å². The van der Waals surface area contributed by atoms with Gasteiger partial charge in [-0.2, -0.15) is 0 Å². The highest BCUT2D eigenvalue weighted by Crippen LogP contribution is 2.35. The second-order valence-electron chi connectivity index (χ2n) is 8.37. The van der Waals surface area contributed by atoms with E-state index in [9.17, 15) is 0 Å². The van der Waals surface area contributed by atoms with Crippen LogP contribution in [0.25, 0.3) is 21.5 Å². The van der Waals surface area contributed by atoms with Gasteiger partial charge in [0.25, 0.3) is 0 Å². The van der Waals surface area contributed by atoms with Gasteiger partial charge in [-0.25, -0.2) is 0 Å². The van der Waals surface area contributed by atoms with Crippen LogP contribution in [0.5, 0.6) is 0 Å². The summed E-state index contributed by atoms with van der Waals surface area (Å²) >= 11 is 0. The van der Waals surface area contributed by atoms with Crippen molar-refractivity contribution >= 4 is 21.5 Å². The van der Waals surface area contributed by atoms with E-state index in [-0.39, 0.29) is 0 Å². The molecule has 0 bridgehead atoms. The molecule has 0 radical (unpaired) electrons. The Kier molecular flexibility index (Phi) is 4.85. The number of hydrogen-bond donors (Lipinski definition) is 0. The molecule has 0 aromatic heterocycles. The Balaban J connectivity index is 1.73. The molecule has 0 N–H and O–H groups in total. The lowest BCUT2D eigenvalue weighted by Gasteiger charge is -2.17. The molecule has 30 heavy (non-hydrogen) atoms. The summed E-state index contributed by atoms with van der Waals surface area (Å²) in [5.74, 6) is 0. The van der Waals surface area contributed by atoms with E-state index < -0.39 is 0 Å². The molecule has 0 saturated heterocycles. The fraction of sp³-hybridized carbons (Fsp3) is 0.133. The van der Waals surface area contributed by atoms with Crippen molar-refractivity contribution in [1.29, 1.82) is 0 Å². The smallest absolute Gasteiger partial charge is 0.00134 e. The van der Waals surface area contributed by atoms with E-state index in [1.807, 2.05) is 0 Å². The second-order valence-corrected chi connectivity index (χ2v) is 8.37. The lowest BCUT2D eigenvalue weighted by Crippen LogP contribution is -1.98. The fourth-order valence-electron chi connectivity index (χ4n) is 4.51. The van der Waals surface area contributed by atoms with Crippen molar-refractivity contribution in [1.82, 2.24) is 0 Å². The van der Waals surface area contributed by atoms with Crippen LogP contribution in [0.2, 0.25) is 0 Å². The Morgan fingerprint density at radius 3 is 1.00 bits per heavy atom. The molecule has 5 rings (SSSR count). The first-order valence-corrected chi connectivity index (χ1v) is 10.7. The Morgan fingerprint density at radius 1 is 0.400 bits per heavy atom. The summed E-state index contributed by atoms with van der Waals surface area (Å²) in [7, 11) is 0. The first kappa shape index (κ1) is 18.6. The summed E-state index contributed by atoms with van der Waals surface area (Å²) in [6.45, 7) is 4.29. The van der Waals surface area contributed by atoms with Crippen LogP contribution in [-0.2, 0) is 12.8 Å². The van der Waals surface area contributed by atoms with Crippen LogP contribution in [0.4, 0.5) is 0 Å². The van der Waals surface area contributed by atoms with Crippen LogP contribution < -0.4 is 0 Å². The van der Waals surface area contributed by atoms with Gasteiger partial charge in [-0.1, -0.05) is 108 Å². The summed E-state index contributed by atoms with van der Waals surface area (Å²) in [4.78, 5) is 0. The number of benzene rings is 5. The molecule has 0 amide bonds. The van der Waals surface area contributed by atoms with Crippen molar-refractivity contribution in [2.45, 2.75) is 26.7 Å². The Labute approximate surface area is 178 Å². The summed E-state index contributed by atoms with van der Waals surface area (Å²) in [5.41, 5.74) is 8.20. The molecule has 5 aromatic rings. The summed E-state index contributed by atoms with van der Waals surface area (Å²) in [6, 6.07) is 35.8. The molecule has 146 valence electrons. The van der Waals surface area contributed by atoms with E-state index >= 15 is 0 Å². The maximum Gasteiger partial charge on any atom is -0.00134 e. The van der Waals surface area contributed by atoms with Crippen LogP contribution in [-0.4, -0.2) is 0 Å². The molecule has 0 nitrogen and oxygen atoms in total. The predicted octanol–water partition coefficient (Wildman–Crippen LogP) is 7.79. The SMILES string of the molecule is Cc1ccc(Cc2c3ccccc3c(Cc3ccc(C)cc3)c3ccccc23)cc1. The minimum absolute atomic E-state index is 0.951. The van der Waals surface area contributed by atoms with Gasteiger partial charge in [-0.3, -0.25) is 0 Å². The minimum atomic E-state index is 0.951. The van der Waals surface area contributed by atoms with E-state index in [1.165, 1.54) is 54.9 Å². The first-order chi connectivity index (χ1) is 14.7. The maximum absolute atomic E-state index is 2.30. The van der Waals surface area contributed by atoms with E-state index in [2.05, 4.69) is 111 Å². The predicted molar refractivity (Wildman–Crippen MR) is 129 cm³/mol. The van der Waals surface area contributed by atoms with E-state index in [0.717, 1.165) is 12.8 Å². The zero-order valence-electron chi connectivity index (χ0n) is 17.7. The summed E-state index contributed by atoms with van der Waals surface area (Å²) in [6.07, 6.45) is 1.90. The molecule has 0 fully saturated rings. The monoisotopic (exact) mass is 386 g/mol. The Hall–Kier alpha value is -3.38. The molecule has 0 aliphatic rings. The topological polar surface area (TPSA) is 0 Å². The number of hydrogen-bond acceptors (Lipinski definition) is 0. The molecule has 0 aliphatic heterocycles. The van der Waals surface area contributed by atoms with Crippen LogP contribution >= 0.6 is 0 Å². The molecular formula is C30H26. The van der Waals surface area contributed by atoms with Gasteiger partial charge in [-0.15, -0.1) is 0 Å². The van der Waals surface area contributed by atoms with Gasteiger partial charge in [0.2, 0.25) is 0 Å². The van der Waals surface area contributed by atoms with Crippen molar-refractivity contribution < 1.29 is 0 Å². The highest BCUT2D eigenvalue weighted by molar-refractivity contribution is 6.06. The Morgan fingerprint density at radius 2 is 0.700 bits per heavy atom. The third-order valence-electron chi connectivity index (χ3n) is 6.16. The highest BCUT2D eigenvalue weighted by Gasteiger charge is 2.14. The third kappa shape index (κ3) is 3.50. The zero-order valence-corrected chi connectivity index (χ0v) is 17.7. The van der Waals surface area contributed by atoms with E-state index in [0.29, 0.717) is 0 Å². The van der Waals surface area contributed by atoms with Crippen LogP contribution in [0, 0.1) is 13.8 Å². The lowest BCUT2D eigenvalue weighted by molar-refractivity contribution is 1.20.